The summed E-state index contributed by atoms with van der Waals surface area (Å²) in [6, 6.07) is 3.80. The predicted molar refractivity (Wildman–Crippen MR) is 47.0 cm³/mol. The smallest absolute Gasteiger partial charge is 0.293 e. The molecule has 0 aromatic carbocycles. The highest BCUT2D eigenvalue weighted by Crippen LogP contribution is 1.99. The van der Waals surface area contributed by atoms with Gasteiger partial charge in [0.2, 0.25) is 0 Å². The van der Waals surface area contributed by atoms with Gasteiger partial charge in [-0.2, -0.15) is 10.2 Å². The summed E-state index contributed by atoms with van der Waals surface area (Å²) in [5, 5.41) is 7.70. The standard InChI is InChI=1S/C9H12N2O2/c12-8-13-7-2-1-4-9-5-3-6-10-11-9/h3,5-6,8H,1-2,4,7H2. The van der Waals surface area contributed by atoms with Crippen LogP contribution in [0.15, 0.2) is 18.3 Å². The maximum absolute atomic E-state index is 9.79. The second-order valence-corrected chi connectivity index (χ2v) is 2.64. The normalized spacial score (nSPS) is 9.54. The van der Waals surface area contributed by atoms with Crippen LogP contribution in [0.2, 0.25) is 0 Å². The van der Waals surface area contributed by atoms with E-state index in [1.165, 1.54) is 0 Å². The van der Waals surface area contributed by atoms with Gasteiger partial charge in [-0.3, -0.25) is 4.79 Å². The van der Waals surface area contributed by atoms with E-state index in [2.05, 4.69) is 14.9 Å². The van der Waals surface area contributed by atoms with Gasteiger partial charge in [0, 0.05) is 6.20 Å². The van der Waals surface area contributed by atoms with Crippen LogP contribution in [-0.4, -0.2) is 23.3 Å². The third-order valence-corrected chi connectivity index (χ3v) is 1.64. The van der Waals surface area contributed by atoms with Crippen LogP contribution in [-0.2, 0) is 16.0 Å². The third kappa shape index (κ3) is 4.20. The number of carbonyl (C=O) groups is 1. The quantitative estimate of drug-likeness (QED) is 0.483. The zero-order valence-electron chi connectivity index (χ0n) is 7.35. The molecule has 0 atom stereocenters. The number of ether oxygens (including phenoxy) is 1. The number of unbranched alkanes of at least 4 members (excludes halogenated alkanes) is 1. The molecule has 70 valence electrons. The van der Waals surface area contributed by atoms with Gasteiger partial charge >= 0.3 is 0 Å². The molecule has 0 aliphatic rings. The van der Waals surface area contributed by atoms with Crippen molar-refractivity contribution in [2.24, 2.45) is 0 Å². The number of rotatable bonds is 6. The molecule has 13 heavy (non-hydrogen) atoms. The molecule has 0 unspecified atom stereocenters. The summed E-state index contributed by atoms with van der Waals surface area (Å²) in [5.74, 6) is 0. The molecule has 0 aliphatic heterocycles. The van der Waals surface area contributed by atoms with Crippen molar-refractivity contribution in [3.8, 4) is 0 Å². The van der Waals surface area contributed by atoms with E-state index in [1.54, 1.807) is 6.20 Å². The second kappa shape index (κ2) is 6.11. The van der Waals surface area contributed by atoms with Gasteiger partial charge in [0.1, 0.15) is 0 Å². The molecule has 4 nitrogen and oxygen atoms in total. The molecule has 0 N–H and O–H groups in total. The molecule has 1 aromatic heterocycles. The van der Waals surface area contributed by atoms with Crippen LogP contribution in [0.1, 0.15) is 18.5 Å². The van der Waals surface area contributed by atoms with Crippen molar-refractivity contribution in [2.45, 2.75) is 19.3 Å². The van der Waals surface area contributed by atoms with E-state index in [0.29, 0.717) is 13.1 Å². The molecule has 0 radical (unpaired) electrons. The Labute approximate surface area is 76.9 Å². The van der Waals surface area contributed by atoms with Crippen molar-refractivity contribution in [1.82, 2.24) is 10.2 Å². The van der Waals surface area contributed by atoms with Gasteiger partial charge in [-0.1, -0.05) is 0 Å². The summed E-state index contributed by atoms with van der Waals surface area (Å²) < 4.78 is 4.55. The first-order valence-electron chi connectivity index (χ1n) is 4.25. The molecule has 0 saturated heterocycles. The number of aromatic nitrogens is 2. The minimum Gasteiger partial charge on any atom is -0.468 e. The lowest BCUT2D eigenvalue weighted by Gasteiger charge is -1.98. The average molecular weight is 180 g/mol. The Morgan fingerprint density at radius 2 is 2.38 bits per heavy atom. The minimum absolute atomic E-state index is 0.475. The average Bonchev–Trinajstić information content (AvgIpc) is 2.19. The van der Waals surface area contributed by atoms with Crippen molar-refractivity contribution < 1.29 is 9.53 Å². The van der Waals surface area contributed by atoms with Crippen molar-refractivity contribution in [3.05, 3.63) is 24.0 Å². The van der Waals surface area contributed by atoms with Crippen LogP contribution < -0.4 is 0 Å². The van der Waals surface area contributed by atoms with Crippen LogP contribution in [0.5, 0.6) is 0 Å². The summed E-state index contributed by atoms with van der Waals surface area (Å²) in [7, 11) is 0. The number of nitrogens with zero attached hydrogens (tertiary/aromatic N) is 2. The molecule has 4 heteroatoms. The molecule has 1 aromatic rings. The zero-order chi connectivity index (χ0) is 9.36. The van der Waals surface area contributed by atoms with Crippen molar-refractivity contribution >= 4 is 6.47 Å². The first kappa shape index (κ1) is 9.64. The fourth-order valence-corrected chi connectivity index (χ4v) is 1.01. The summed E-state index contributed by atoms with van der Waals surface area (Å²) >= 11 is 0. The van der Waals surface area contributed by atoms with Gasteiger partial charge in [-0.25, -0.2) is 0 Å². The lowest BCUT2D eigenvalue weighted by Crippen LogP contribution is -1.95. The Kier molecular flexibility index (Phi) is 4.53. The van der Waals surface area contributed by atoms with E-state index in [0.717, 1.165) is 25.0 Å². The molecular formula is C9H12N2O2. The van der Waals surface area contributed by atoms with Crippen LogP contribution >= 0.6 is 0 Å². The monoisotopic (exact) mass is 180 g/mol. The summed E-state index contributed by atoms with van der Waals surface area (Å²) in [4.78, 5) is 9.79. The van der Waals surface area contributed by atoms with Gasteiger partial charge in [0.15, 0.2) is 0 Å². The van der Waals surface area contributed by atoms with Gasteiger partial charge in [0.25, 0.3) is 6.47 Å². The Balaban J connectivity index is 2.10. The second-order valence-electron chi connectivity index (χ2n) is 2.64. The molecule has 0 spiro atoms. The van der Waals surface area contributed by atoms with Gasteiger partial charge in [-0.15, -0.1) is 0 Å². The Morgan fingerprint density at radius 3 is 3.08 bits per heavy atom. The van der Waals surface area contributed by atoms with E-state index >= 15 is 0 Å². The highest BCUT2D eigenvalue weighted by molar-refractivity contribution is 5.36. The van der Waals surface area contributed by atoms with Crippen molar-refractivity contribution in [1.29, 1.82) is 0 Å². The van der Waals surface area contributed by atoms with Crippen molar-refractivity contribution in [2.75, 3.05) is 6.61 Å². The summed E-state index contributed by atoms with van der Waals surface area (Å²) in [6.07, 6.45) is 4.37. The minimum atomic E-state index is 0.475. The lowest BCUT2D eigenvalue weighted by molar-refractivity contribution is -0.128. The molecule has 1 rings (SSSR count). The molecule has 0 saturated carbocycles. The molecule has 0 aliphatic carbocycles. The van der Waals surface area contributed by atoms with Gasteiger partial charge < -0.3 is 4.74 Å². The topological polar surface area (TPSA) is 52.1 Å². The van der Waals surface area contributed by atoms with Gasteiger partial charge in [-0.05, 0) is 31.4 Å². The zero-order valence-corrected chi connectivity index (χ0v) is 7.35. The Bertz CT molecular complexity index is 239. The predicted octanol–water partition coefficient (Wildman–Crippen LogP) is 0.972. The highest BCUT2D eigenvalue weighted by atomic mass is 16.5. The summed E-state index contributed by atoms with van der Waals surface area (Å²) in [5.41, 5.74) is 0.980. The largest absolute Gasteiger partial charge is 0.468 e. The van der Waals surface area contributed by atoms with Crippen molar-refractivity contribution in [3.63, 3.8) is 0 Å². The van der Waals surface area contributed by atoms with Gasteiger partial charge in [0.05, 0.1) is 12.3 Å². The fourth-order valence-electron chi connectivity index (χ4n) is 1.01. The Hall–Kier alpha value is -1.45. The van der Waals surface area contributed by atoms with E-state index in [1.807, 2.05) is 12.1 Å². The van der Waals surface area contributed by atoms with E-state index in [9.17, 15) is 4.79 Å². The third-order valence-electron chi connectivity index (χ3n) is 1.64. The van der Waals surface area contributed by atoms with E-state index in [-0.39, 0.29) is 0 Å². The van der Waals surface area contributed by atoms with E-state index in [4.69, 9.17) is 0 Å². The maximum Gasteiger partial charge on any atom is 0.293 e. The molecule has 1 heterocycles. The van der Waals surface area contributed by atoms with Crippen LogP contribution in [0.3, 0.4) is 0 Å². The van der Waals surface area contributed by atoms with Crippen LogP contribution in [0.4, 0.5) is 0 Å². The SMILES string of the molecule is O=COCCCCc1cccnn1. The summed E-state index contributed by atoms with van der Waals surface area (Å²) in [6.45, 7) is 0.964. The molecule has 0 fully saturated rings. The van der Waals surface area contributed by atoms with E-state index < -0.39 is 0 Å². The number of hydrogen-bond donors (Lipinski definition) is 0. The fraction of sp³-hybridized carbons (Fsp3) is 0.444. The number of aryl methyl sites for hydroxylation is 1. The highest BCUT2D eigenvalue weighted by Gasteiger charge is 1.93. The maximum atomic E-state index is 9.79. The molecule has 0 bridgehead atoms. The molecular weight excluding hydrogens is 168 g/mol. The number of hydrogen-bond acceptors (Lipinski definition) is 4. The molecule has 0 amide bonds. The van der Waals surface area contributed by atoms with Crippen LogP contribution in [0.25, 0.3) is 0 Å². The number of carbonyl (C=O) groups excluding carboxylic acids is 1. The first-order valence-corrected chi connectivity index (χ1v) is 4.25. The van der Waals surface area contributed by atoms with Crippen LogP contribution in [0, 0.1) is 0 Å². The lowest BCUT2D eigenvalue weighted by atomic mass is 10.2. The Morgan fingerprint density at radius 1 is 1.46 bits per heavy atom. The first-order chi connectivity index (χ1) is 6.43.